The zero-order valence-electron chi connectivity index (χ0n) is 11.5. The summed E-state index contributed by atoms with van der Waals surface area (Å²) in [7, 11) is -1.96. The van der Waals surface area contributed by atoms with Crippen LogP contribution in [0.2, 0.25) is 0 Å². The highest BCUT2D eigenvalue weighted by molar-refractivity contribution is 7.92. The molecule has 1 aromatic carbocycles. The minimum atomic E-state index is -3.46. The van der Waals surface area contributed by atoms with E-state index in [2.05, 4.69) is 4.72 Å². The van der Waals surface area contributed by atoms with Crippen LogP contribution in [0.4, 0.5) is 5.69 Å². The van der Waals surface area contributed by atoms with Crippen LogP contribution in [0.5, 0.6) is 5.75 Å². The smallest absolute Gasteiger partial charge is 0.235 e. The van der Waals surface area contributed by atoms with Crippen LogP contribution in [-0.2, 0) is 21.3 Å². The molecule has 1 saturated heterocycles. The van der Waals surface area contributed by atoms with E-state index in [0.717, 1.165) is 18.4 Å². The fourth-order valence-electron chi connectivity index (χ4n) is 2.18. The molecule has 1 fully saturated rings. The molecule has 0 aliphatic carbocycles. The number of benzene rings is 1. The number of nitrogens with one attached hydrogen (secondary N) is 1. The summed E-state index contributed by atoms with van der Waals surface area (Å²) in [5.74, 6) is 0.429. The van der Waals surface area contributed by atoms with Gasteiger partial charge in [-0.25, -0.2) is 8.42 Å². The number of hydrogen-bond donors (Lipinski definition) is 2. The topological polar surface area (TPSA) is 90.6 Å². The summed E-state index contributed by atoms with van der Waals surface area (Å²) in [6.45, 7) is 1.01. The largest absolute Gasteiger partial charge is 0.495 e. The minimum Gasteiger partial charge on any atom is -0.495 e. The van der Waals surface area contributed by atoms with E-state index in [0.29, 0.717) is 24.6 Å². The lowest BCUT2D eigenvalue weighted by Gasteiger charge is -2.15. The van der Waals surface area contributed by atoms with Crippen LogP contribution in [0.1, 0.15) is 18.4 Å². The zero-order valence-corrected chi connectivity index (χ0v) is 12.3. The van der Waals surface area contributed by atoms with Crippen molar-refractivity contribution in [1.29, 1.82) is 0 Å². The van der Waals surface area contributed by atoms with Crippen LogP contribution in [0.15, 0.2) is 18.2 Å². The third kappa shape index (κ3) is 3.84. The highest BCUT2D eigenvalue weighted by Gasteiger charge is 2.24. The van der Waals surface area contributed by atoms with Gasteiger partial charge in [0.1, 0.15) is 5.75 Å². The minimum absolute atomic E-state index is 0.0329. The van der Waals surface area contributed by atoms with Gasteiger partial charge in [-0.15, -0.1) is 0 Å². The highest BCUT2D eigenvalue weighted by Crippen LogP contribution is 2.27. The molecule has 0 amide bonds. The molecule has 112 valence electrons. The summed E-state index contributed by atoms with van der Waals surface area (Å²) >= 11 is 0. The Morgan fingerprint density at radius 2 is 2.30 bits per heavy atom. The molecule has 1 aliphatic heterocycles. The molecule has 3 N–H and O–H groups in total. The molecule has 6 nitrogen and oxygen atoms in total. The molecule has 0 bridgehead atoms. The van der Waals surface area contributed by atoms with E-state index in [-0.39, 0.29) is 11.9 Å². The molecule has 7 heteroatoms. The summed E-state index contributed by atoms with van der Waals surface area (Å²) in [6, 6.07) is 5.16. The quantitative estimate of drug-likeness (QED) is 0.820. The number of methoxy groups -OCH3 is 1. The van der Waals surface area contributed by atoms with E-state index in [1.54, 1.807) is 18.2 Å². The van der Waals surface area contributed by atoms with Gasteiger partial charge in [0.25, 0.3) is 0 Å². The first-order valence-electron chi connectivity index (χ1n) is 6.53. The predicted molar refractivity (Wildman–Crippen MR) is 77.3 cm³/mol. The Morgan fingerprint density at radius 3 is 2.90 bits per heavy atom. The van der Waals surface area contributed by atoms with Crippen LogP contribution < -0.4 is 15.2 Å². The first-order valence-corrected chi connectivity index (χ1v) is 8.18. The van der Waals surface area contributed by atoms with Crippen LogP contribution in [0, 0.1) is 0 Å². The summed E-state index contributed by atoms with van der Waals surface area (Å²) in [4.78, 5) is 0. The van der Waals surface area contributed by atoms with E-state index >= 15 is 0 Å². The molecule has 1 aromatic rings. The molecule has 1 unspecified atom stereocenters. The van der Waals surface area contributed by atoms with Gasteiger partial charge in [-0.05, 0) is 30.5 Å². The SMILES string of the molecule is COc1cc(CN)ccc1NS(=O)(=O)CC1CCCO1. The van der Waals surface area contributed by atoms with Crippen LogP contribution >= 0.6 is 0 Å². The normalized spacial score (nSPS) is 19.0. The monoisotopic (exact) mass is 300 g/mol. The first kappa shape index (κ1) is 15.1. The second-order valence-electron chi connectivity index (χ2n) is 4.76. The van der Waals surface area contributed by atoms with Crippen LogP contribution in [0.3, 0.4) is 0 Å². The van der Waals surface area contributed by atoms with Gasteiger partial charge in [-0.3, -0.25) is 4.72 Å². The van der Waals surface area contributed by atoms with E-state index in [9.17, 15) is 8.42 Å². The number of rotatable bonds is 6. The molecule has 0 spiro atoms. The standard InChI is InChI=1S/C13H20N2O4S/c1-18-13-7-10(8-14)4-5-12(13)15-20(16,17)9-11-3-2-6-19-11/h4-5,7,11,15H,2-3,6,8-9,14H2,1H3. The number of ether oxygens (including phenoxy) is 2. The number of sulfonamides is 1. The first-order chi connectivity index (χ1) is 9.54. The maximum Gasteiger partial charge on any atom is 0.235 e. The fourth-order valence-corrected chi connectivity index (χ4v) is 3.52. The number of hydrogen-bond acceptors (Lipinski definition) is 5. The maximum atomic E-state index is 12.1. The lowest BCUT2D eigenvalue weighted by Crippen LogP contribution is -2.25. The molecule has 20 heavy (non-hydrogen) atoms. The number of nitrogens with two attached hydrogens (primary N) is 1. The Kier molecular flexibility index (Phi) is 4.85. The van der Waals surface area contributed by atoms with Gasteiger partial charge in [0.05, 0.1) is 24.7 Å². The second kappa shape index (κ2) is 6.43. The van der Waals surface area contributed by atoms with Gasteiger partial charge in [0.2, 0.25) is 10.0 Å². The van der Waals surface area contributed by atoms with Gasteiger partial charge in [0, 0.05) is 13.2 Å². The highest BCUT2D eigenvalue weighted by atomic mass is 32.2. The lowest BCUT2D eigenvalue weighted by molar-refractivity contribution is 0.127. The number of anilines is 1. The average molecular weight is 300 g/mol. The third-order valence-corrected chi connectivity index (χ3v) is 4.54. The van der Waals surface area contributed by atoms with Gasteiger partial charge in [-0.2, -0.15) is 0 Å². The Labute approximate surface area is 119 Å². The maximum absolute atomic E-state index is 12.1. The predicted octanol–water partition coefficient (Wildman–Crippen LogP) is 1.07. The van der Waals surface area contributed by atoms with Gasteiger partial charge < -0.3 is 15.2 Å². The molecule has 0 radical (unpaired) electrons. The van der Waals surface area contributed by atoms with Gasteiger partial charge in [-0.1, -0.05) is 6.07 Å². The molecule has 2 rings (SSSR count). The second-order valence-corrected chi connectivity index (χ2v) is 6.52. The van der Waals surface area contributed by atoms with Crippen molar-refractivity contribution >= 4 is 15.7 Å². The molecule has 1 atom stereocenters. The van der Waals surface area contributed by atoms with Crippen molar-refractivity contribution in [2.24, 2.45) is 5.73 Å². The Hall–Kier alpha value is -1.31. The third-order valence-electron chi connectivity index (χ3n) is 3.20. The molecular formula is C13H20N2O4S. The van der Waals surface area contributed by atoms with Crippen LogP contribution in [0.25, 0.3) is 0 Å². The van der Waals surface area contributed by atoms with E-state index in [1.807, 2.05) is 0 Å². The summed E-state index contributed by atoms with van der Waals surface area (Å²) in [5, 5.41) is 0. The molecule has 0 aromatic heterocycles. The Bertz CT molecular complexity index is 553. The summed E-state index contributed by atoms with van der Waals surface area (Å²) < 4.78 is 37.3. The van der Waals surface area contributed by atoms with Crippen molar-refractivity contribution in [3.8, 4) is 5.75 Å². The van der Waals surface area contributed by atoms with Crippen molar-refractivity contribution in [1.82, 2.24) is 0 Å². The summed E-state index contributed by atoms with van der Waals surface area (Å²) in [5.41, 5.74) is 6.85. The van der Waals surface area contributed by atoms with E-state index in [1.165, 1.54) is 7.11 Å². The van der Waals surface area contributed by atoms with Crippen molar-refractivity contribution in [3.05, 3.63) is 23.8 Å². The van der Waals surface area contributed by atoms with Crippen molar-refractivity contribution in [3.63, 3.8) is 0 Å². The van der Waals surface area contributed by atoms with Crippen molar-refractivity contribution < 1.29 is 17.9 Å². The molecule has 1 aliphatic rings. The lowest BCUT2D eigenvalue weighted by atomic mass is 10.2. The van der Waals surface area contributed by atoms with E-state index in [4.69, 9.17) is 15.2 Å². The van der Waals surface area contributed by atoms with Crippen molar-refractivity contribution in [2.75, 3.05) is 24.2 Å². The van der Waals surface area contributed by atoms with Crippen LogP contribution in [-0.4, -0.2) is 34.0 Å². The van der Waals surface area contributed by atoms with E-state index < -0.39 is 10.0 Å². The molecular weight excluding hydrogens is 280 g/mol. The zero-order chi connectivity index (χ0) is 14.6. The molecule has 1 heterocycles. The fraction of sp³-hybridized carbons (Fsp3) is 0.538. The summed E-state index contributed by atoms with van der Waals surface area (Å²) in [6.07, 6.45) is 1.47. The Balaban J connectivity index is 2.11. The average Bonchev–Trinajstić information content (AvgIpc) is 2.90. The Morgan fingerprint density at radius 1 is 1.50 bits per heavy atom. The molecule has 0 saturated carbocycles. The van der Waals surface area contributed by atoms with Gasteiger partial charge in [0.15, 0.2) is 0 Å². The van der Waals surface area contributed by atoms with Crippen molar-refractivity contribution in [2.45, 2.75) is 25.5 Å². The van der Waals surface area contributed by atoms with Gasteiger partial charge >= 0.3 is 0 Å².